The van der Waals surface area contributed by atoms with Gasteiger partial charge in [-0.15, -0.1) is 0 Å². The van der Waals surface area contributed by atoms with Gasteiger partial charge < -0.3 is 40.0 Å². The predicted molar refractivity (Wildman–Crippen MR) is 161 cm³/mol. The van der Waals surface area contributed by atoms with Crippen LogP contribution in [0.2, 0.25) is 0 Å². The number of nitrogens with zero attached hydrogens (tertiary/aromatic N) is 4. The Kier molecular flexibility index (Phi) is 12.9. The third kappa shape index (κ3) is 13.8. The zero-order valence-corrected chi connectivity index (χ0v) is 26.9. The normalized spacial score (nSPS) is 26.9. The van der Waals surface area contributed by atoms with Gasteiger partial charge in [-0.2, -0.15) is 0 Å². The number of benzene rings is 1. The molecule has 2 aliphatic rings. The van der Waals surface area contributed by atoms with E-state index >= 15 is 0 Å². The first-order chi connectivity index (χ1) is 19.0. The van der Waals surface area contributed by atoms with Gasteiger partial charge in [-0.05, 0) is 56.7 Å². The Morgan fingerprint density at radius 3 is 1.49 bits per heavy atom. The highest BCUT2D eigenvalue weighted by Crippen LogP contribution is 2.59. The zero-order valence-electron chi connectivity index (χ0n) is 23.4. The molecule has 0 amide bonds. The number of hydrogen-bond donors (Lipinski definition) is 6. The summed E-state index contributed by atoms with van der Waals surface area (Å²) in [5.74, 6) is -1.67. The monoisotopic (exact) mass is 659 g/mol. The van der Waals surface area contributed by atoms with Gasteiger partial charge in [0.15, 0.2) is 0 Å². The summed E-state index contributed by atoms with van der Waals surface area (Å²) in [4.78, 5) is 58.0. The van der Waals surface area contributed by atoms with Crippen LogP contribution in [-0.2, 0) is 24.4 Å². The molecule has 0 saturated carbocycles. The van der Waals surface area contributed by atoms with Gasteiger partial charge in [0.25, 0.3) is 0 Å². The molecule has 2 bridgehead atoms. The molecule has 236 valence electrons. The van der Waals surface area contributed by atoms with E-state index in [0.29, 0.717) is 76.5 Å². The molecular formula is C23H45N5O9P4. The quantitative estimate of drug-likeness (QED) is 0.156. The van der Waals surface area contributed by atoms with E-state index in [1.165, 1.54) is 0 Å². The first kappa shape index (κ1) is 35.1. The number of hydrogen-bond acceptors (Lipinski definition) is 9. The lowest BCUT2D eigenvalue weighted by Gasteiger charge is -2.36. The second-order valence-electron chi connectivity index (χ2n) is 11.3. The third-order valence-electron chi connectivity index (χ3n) is 7.19. The Morgan fingerprint density at radius 2 is 1.02 bits per heavy atom. The summed E-state index contributed by atoms with van der Waals surface area (Å²) in [5.41, 5.74) is 6.79. The van der Waals surface area contributed by atoms with Gasteiger partial charge in [-0.3, -0.25) is 28.1 Å². The molecule has 0 radical (unpaired) electrons. The van der Waals surface area contributed by atoms with Crippen LogP contribution >= 0.6 is 29.7 Å². The van der Waals surface area contributed by atoms with Crippen LogP contribution in [0.4, 0.5) is 5.69 Å². The molecule has 2 fully saturated rings. The van der Waals surface area contributed by atoms with E-state index in [1.807, 2.05) is 9.80 Å². The van der Waals surface area contributed by atoms with E-state index in [-0.39, 0.29) is 18.7 Å². The number of nitrogens with two attached hydrogens (primary N) is 1. The lowest BCUT2D eigenvalue weighted by Crippen LogP contribution is -2.47. The van der Waals surface area contributed by atoms with Crippen LogP contribution in [0.3, 0.4) is 0 Å². The second-order valence-corrected chi connectivity index (χ2v) is 20.8. The topological polar surface area (TPSA) is 208 Å². The van der Waals surface area contributed by atoms with E-state index in [9.17, 15) is 42.7 Å². The largest absolute Gasteiger partial charge is 0.399 e. The standard InChI is InChI=1S/C23H45N5O9P4/c24-23-5-3-22(4-6-23)17-38(29,30)20-39(31,32)18-27-9-1-7-26-12-11-25(13-15-27)8-2-10-28(16-14-26)19-40(33,34)21-41(35,36)37/h3-6H,1-2,7-21,24H2,(H,29,30)(H,31,32)(H,33,34)(H2,35,36,37). The molecule has 2 saturated heterocycles. The molecule has 1 aromatic rings. The van der Waals surface area contributed by atoms with Crippen molar-refractivity contribution < 1.29 is 42.7 Å². The zero-order chi connectivity index (χ0) is 30.3. The Morgan fingerprint density at radius 1 is 0.585 bits per heavy atom. The molecule has 1 aromatic carbocycles. The summed E-state index contributed by atoms with van der Waals surface area (Å²) in [7, 11) is -16.5. The minimum atomic E-state index is -4.61. The van der Waals surface area contributed by atoms with Crippen LogP contribution in [0.25, 0.3) is 0 Å². The fourth-order valence-corrected chi connectivity index (χ4v) is 14.1. The highest BCUT2D eigenvalue weighted by Gasteiger charge is 2.34. The summed E-state index contributed by atoms with van der Waals surface area (Å²) < 4.78 is 49.8. The maximum Gasteiger partial charge on any atom is 0.335 e. The Balaban J connectivity index is 1.58. The minimum absolute atomic E-state index is 0.160. The molecule has 0 aliphatic carbocycles. The lowest BCUT2D eigenvalue weighted by molar-refractivity contribution is 0.129. The third-order valence-corrected chi connectivity index (χ3v) is 16.5. The summed E-state index contributed by atoms with van der Waals surface area (Å²) >= 11 is 0. The summed E-state index contributed by atoms with van der Waals surface area (Å²) in [6, 6.07) is 6.54. The SMILES string of the molecule is Nc1ccc(CP(=O)(O)CP(=O)(O)CN2CCCN3CCN(CCCN(CP(=O)(O)CP(=O)(O)O)CC3)CC2)cc1. The molecule has 18 heteroatoms. The first-order valence-electron chi connectivity index (χ1n) is 13.7. The van der Waals surface area contributed by atoms with Crippen molar-refractivity contribution in [2.75, 3.05) is 95.6 Å². The number of anilines is 1. The maximum absolute atomic E-state index is 13.2. The van der Waals surface area contributed by atoms with E-state index in [2.05, 4.69) is 9.80 Å². The van der Waals surface area contributed by atoms with Crippen molar-refractivity contribution in [3.63, 3.8) is 0 Å². The molecule has 7 N–H and O–H groups in total. The van der Waals surface area contributed by atoms with Crippen molar-refractivity contribution in [2.24, 2.45) is 0 Å². The van der Waals surface area contributed by atoms with Crippen LogP contribution < -0.4 is 5.73 Å². The Hall–Kier alpha value is -0.420. The van der Waals surface area contributed by atoms with Crippen LogP contribution in [-0.4, -0.2) is 134 Å². The van der Waals surface area contributed by atoms with Crippen molar-refractivity contribution in [3.8, 4) is 0 Å². The highest BCUT2D eigenvalue weighted by molar-refractivity contribution is 7.74. The van der Waals surface area contributed by atoms with E-state index in [4.69, 9.17) is 5.73 Å². The van der Waals surface area contributed by atoms with Gasteiger partial charge in [-0.1, -0.05) is 12.1 Å². The van der Waals surface area contributed by atoms with Gasteiger partial charge in [0.05, 0.1) is 18.7 Å². The average Bonchev–Trinajstić information content (AvgIpc) is 2.81. The van der Waals surface area contributed by atoms with E-state index in [0.717, 1.165) is 13.1 Å². The van der Waals surface area contributed by atoms with Crippen LogP contribution in [0.15, 0.2) is 24.3 Å². The molecule has 5 atom stereocenters. The lowest BCUT2D eigenvalue weighted by atomic mass is 10.2. The number of nitrogen functional groups attached to an aromatic ring is 1. The van der Waals surface area contributed by atoms with Gasteiger partial charge in [0.1, 0.15) is 11.8 Å². The van der Waals surface area contributed by atoms with Crippen molar-refractivity contribution in [3.05, 3.63) is 29.8 Å². The molecule has 3 rings (SSSR count). The Bertz CT molecular complexity index is 1180. The molecule has 0 aromatic heterocycles. The maximum atomic E-state index is 13.2. The van der Waals surface area contributed by atoms with Crippen LogP contribution in [0, 0.1) is 0 Å². The molecule has 5 unspecified atom stereocenters. The van der Waals surface area contributed by atoms with Gasteiger partial charge in [0, 0.05) is 45.0 Å². The van der Waals surface area contributed by atoms with Gasteiger partial charge >= 0.3 is 7.60 Å². The van der Waals surface area contributed by atoms with Crippen molar-refractivity contribution in [1.29, 1.82) is 0 Å². The van der Waals surface area contributed by atoms with Crippen molar-refractivity contribution in [2.45, 2.75) is 19.0 Å². The second kappa shape index (κ2) is 15.0. The average molecular weight is 660 g/mol. The van der Waals surface area contributed by atoms with Crippen molar-refractivity contribution >= 4 is 35.4 Å². The number of rotatable bonds is 10. The molecule has 2 heterocycles. The number of fused-ring (bicyclic) bond motifs is 3. The molecular weight excluding hydrogens is 614 g/mol. The van der Waals surface area contributed by atoms with Crippen LogP contribution in [0.1, 0.15) is 18.4 Å². The van der Waals surface area contributed by atoms with Crippen molar-refractivity contribution in [1.82, 2.24) is 19.6 Å². The highest BCUT2D eigenvalue weighted by atomic mass is 31.2. The summed E-state index contributed by atoms with van der Waals surface area (Å²) in [6.07, 6.45) is 0.777. The Labute approximate surface area is 242 Å². The smallest absolute Gasteiger partial charge is 0.335 e. The predicted octanol–water partition coefficient (Wildman–Crippen LogP) is 1.60. The molecule has 0 spiro atoms. The summed E-state index contributed by atoms with van der Waals surface area (Å²) in [5, 5.41) is 0. The van der Waals surface area contributed by atoms with Gasteiger partial charge in [-0.25, -0.2) is 0 Å². The van der Waals surface area contributed by atoms with E-state index in [1.54, 1.807) is 24.3 Å². The first-order valence-corrected chi connectivity index (χ1v) is 21.6. The fraction of sp³-hybridized carbons (Fsp3) is 0.739. The van der Waals surface area contributed by atoms with E-state index < -0.39 is 41.5 Å². The van der Waals surface area contributed by atoms with Gasteiger partial charge in [0.2, 0.25) is 22.1 Å². The molecule has 2 aliphatic heterocycles. The molecule has 14 nitrogen and oxygen atoms in total. The minimum Gasteiger partial charge on any atom is -0.399 e. The van der Waals surface area contributed by atoms with Crippen LogP contribution in [0.5, 0.6) is 0 Å². The fourth-order valence-electron chi connectivity index (χ4n) is 5.37. The molecule has 41 heavy (non-hydrogen) atoms. The summed E-state index contributed by atoms with van der Waals surface area (Å²) in [6.45, 7) is 6.29.